The number of amides is 2. The fourth-order valence-corrected chi connectivity index (χ4v) is 4.84. The quantitative estimate of drug-likeness (QED) is 0.264. The smallest absolute Gasteiger partial charge is 0.320 e. The highest BCUT2D eigenvalue weighted by atomic mass is 79.9. The fraction of sp³-hybridized carbons (Fsp3) is 0.208. The van der Waals surface area contributed by atoms with E-state index in [9.17, 15) is 49.1 Å². The summed E-state index contributed by atoms with van der Waals surface area (Å²) in [6.45, 7) is 0. The molecule has 1 unspecified atom stereocenters. The monoisotopic (exact) mass is 705 g/mol. The number of halogens is 11. The van der Waals surface area contributed by atoms with Gasteiger partial charge in [-0.15, -0.1) is 0 Å². The number of nitrogens with zero attached hydrogens (tertiary/aromatic N) is 2. The maximum absolute atomic E-state index is 14.9. The van der Waals surface area contributed by atoms with Crippen molar-refractivity contribution in [2.45, 2.75) is 23.9 Å². The van der Waals surface area contributed by atoms with Crippen molar-refractivity contribution in [2.24, 2.45) is 0 Å². The second-order valence-corrected chi connectivity index (χ2v) is 9.86. The van der Waals surface area contributed by atoms with Crippen LogP contribution in [0.4, 0.5) is 50.9 Å². The zero-order valence-electron chi connectivity index (χ0n) is 19.6. The molecule has 0 saturated carbocycles. The van der Waals surface area contributed by atoms with Crippen LogP contribution in [-0.4, -0.2) is 42.1 Å². The zero-order chi connectivity index (χ0) is 30.3. The molecule has 2 amide bonds. The van der Waals surface area contributed by atoms with Gasteiger partial charge in [-0.25, -0.2) is 4.39 Å². The molecule has 0 fully saturated rings. The summed E-state index contributed by atoms with van der Waals surface area (Å²) in [6.07, 6.45) is -10.8. The van der Waals surface area contributed by atoms with E-state index in [-0.39, 0.29) is 28.9 Å². The van der Waals surface area contributed by atoms with Crippen molar-refractivity contribution in [3.8, 4) is 0 Å². The summed E-state index contributed by atoms with van der Waals surface area (Å²) in [7, 11) is 1.42. The first kappa shape index (κ1) is 31.4. The molecule has 1 aromatic heterocycles. The van der Waals surface area contributed by atoms with Crippen LogP contribution in [0.5, 0.6) is 0 Å². The highest BCUT2D eigenvalue weighted by molar-refractivity contribution is 9.11. The Morgan fingerprint density at radius 3 is 1.90 bits per heavy atom. The Balaban J connectivity index is 1.95. The molecule has 0 saturated heterocycles. The number of alkyl halides is 9. The first-order chi connectivity index (χ1) is 18.3. The van der Waals surface area contributed by atoms with Crippen molar-refractivity contribution in [2.75, 3.05) is 17.3 Å². The van der Waals surface area contributed by atoms with Crippen LogP contribution in [0.1, 0.15) is 26.3 Å². The molecule has 1 heterocycles. The number of pyridine rings is 1. The molecule has 214 valence electrons. The molecule has 3 aromatic rings. The van der Waals surface area contributed by atoms with Gasteiger partial charge in [-0.1, -0.05) is 6.07 Å². The number of rotatable bonds is 6. The van der Waals surface area contributed by atoms with Gasteiger partial charge in [-0.3, -0.25) is 14.6 Å². The predicted molar refractivity (Wildman–Crippen MR) is 133 cm³/mol. The van der Waals surface area contributed by atoms with Gasteiger partial charge in [0.15, 0.2) is 0 Å². The van der Waals surface area contributed by atoms with E-state index in [0.717, 1.165) is 0 Å². The van der Waals surface area contributed by atoms with Crippen molar-refractivity contribution >= 4 is 55.0 Å². The lowest BCUT2D eigenvalue weighted by molar-refractivity contribution is -0.389. The lowest BCUT2D eigenvalue weighted by Crippen LogP contribution is -2.59. The van der Waals surface area contributed by atoms with Gasteiger partial charge in [-0.2, -0.15) is 35.1 Å². The Labute approximate surface area is 236 Å². The first-order valence-corrected chi connectivity index (χ1v) is 12.2. The maximum atomic E-state index is 14.9. The van der Waals surface area contributed by atoms with Crippen molar-refractivity contribution in [3.63, 3.8) is 0 Å². The van der Waals surface area contributed by atoms with Gasteiger partial charge in [0.2, 0.25) is 0 Å². The minimum absolute atomic E-state index is 0.0598. The number of carbonyl (C=O) groups is 2. The summed E-state index contributed by atoms with van der Waals surface area (Å²) in [5.41, 5.74) is -8.23. The molecule has 1 N–H and O–H groups in total. The third-order valence-corrected chi connectivity index (χ3v) is 6.82. The summed E-state index contributed by atoms with van der Waals surface area (Å²) < 4.78 is 120. The average molecular weight is 707 g/mol. The number of anilines is 2. The number of hydrogen-bond donors (Lipinski definition) is 1. The summed E-state index contributed by atoms with van der Waals surface area (Å²) in [5.74, 6) is -8.25. The maximum Gasteiger partial charge on any atom is 0.457 e. The summed E-state index contributed by atoms with van der Waals surface area (Å²) in [6, 6.07) is 8.65. The van der Waals surface area contributed by atoms with E-state index in [4.69, 9.17) is 0 Å². The topological polar surface area (TPSA) is 62.3 Å². The highest BCUT2D eigenvalue weighted by Gasteiger charge is 2.81. The fourth-order valence-electron chi connectivity index (χ4n) is 3.45. The number of benzene rings is 2. The van der Waals surface area contributed by atoms with Gasteiger partial charge in [0.1, 0.15) is 0 Å². The van der Waals surface area contributed by atoms with Crippen LogP contribution >= 0.6 is 31.9 Å². The number of nitrogens with one attached hydrogen (secondary N) is 1. The van der Waals surface area contributed by atoms with Crippen molar-refractivity contribution in [1.82, 2.24) is 4.98 Å². The molecule has 0 bridgehead atoms. The predicted octanol–water partition coefficient (Wildman–Crippen LogP) is 8.06. The first-order valence-electron chi connectivity index (χ1n) is 10.6. The molecule has 0 spiro atoms. The number of carbonyl (C=O) groups excluding carboxylic acids is 2. The van der Waals surface area contributed by atoms with Gasteiger partial charge in [0.25, 0.3) is 11.8 Å². The number of aromatic nitrogens is 1. The van der Waals surface area contributed by atoms with Crippen LogP contribution < -0.4 is 10.2 Å². The Hall–Kier alpha value is -3.14. The van der Waals surface area contributed by atoms with Crippen LogP contribution in [0.2, 0.25) is 0 Å². The highest BCUT2D eigenvalue weighted by Crippen LogP contribution is 2.59. The van der Waals surface area contributed by atoms with E-state index in [2.05, 4.69) is 42.2 Å². The third kappa shape index (κ3) is 5.68. The van der Waals surface area contributed by atoms with Crippen molar-refractivity contribution in [1.29, 1.82) is 0 Å². The summed E-state index contributed by atoms with van der Waals surface area (Å²) in [5, 5.41) is 2.25. The van der Waals surface area contributed by atoms with Gasteiger partial charge >= 0.3 is 23.9 Å². The Kier molecular flexibility index (Phi) is 8.65. The molecule has 0 aliphatic heterocycles. The molecule has 0 radical (unpaired) electrons. The van der Waals surface area contributed by atoms with E-state index >= 15 is 0 Å². The SMILES string of the molecule is CN(C(=O)c1cccnc1)c1cccc(C(=O)Nc2c(Br)cc(C(F)(C(F)(F)F)C(F)(F)C(F)(F)F)cc2Br)c1. The Morgan fingerprint density at radius 1 is 0.825 bits per heavy atom. The lowest BCUT2D eigenvalue weighted by atomic mass is 9.87. The molecule has 5 nitrogen and oxygen atoms in total. The Bertz CT molecular complexity index is 1410. The van der Waals surface area contributed by atoms with E-state index < -0.39 is 56.0 Å². The molecular weight excluding hydrogens is 693 g/mol. The second-order valence-electron chi connectivity index (χ2n) is 8.15. The standard InChI is InChI=1S/C24H14Br2F9N3O2/c1-38(20(40)13-5-3-7-36-11-13)15-6-2-4-12(8-15)19(39)37-18-16(25)9-14(10-17(18)26)21(27,23(30,31)32)22(28,29)24(33,34)35/h2-11H,1H3,(H,37,39). The van der Waals surface area contributed by atoms with Crippen LogP contribution in [-0.2, 0) is 5.67 Å². The molecule has 1 atom stereocenters. The van der Waals surface area contributed by atoms with Crippen LogP contribution in [0.15, 0.2) is 69.9 Å². The third-order valence-electron chi connectivity index (χ3n) is 5.57. The normalized spacial score (nSPS) is 13.9. The molecule has 2 aromatic carbocycles. The van der Waals surface area contributed by atoms with E-state index in [0.29, 0.717) is 0 Å². The van der Waals surface area contributed by atoms with Gasteiger partial charge in [0, 0.05) is 45.2 Å². The van der Waals surface area contributed by atoms with Crippen LogP contribution in [0.3, 0.4) is 0 Å². The van der Waals surface area contributed by atoms with Crippen molar-refractivity contribution < 1.29 is 49.1 Å². The molecule has 0 aliphatic rings. The summed E-state index contributed by atoms with van der Waals surface area (Å²) >= 11 is 5.39. The lowest BCUT2D eigenvalue weighted by Gasteiger charge is -2.36. The molecule has 0 aliphatic carbocycles. The average Bonchev–Trinajstić information content (AvgIpc) is 2.88. The molecule has 40 heavy (non-hydrogen) atoms. The van der Waals surface area contributed by atoms with Crippen LogP contribution in [0.25, 0.3) is 0 Å². The van der Waals surface area contributed by atoms with E-state index in [1.54, 1.807) is 0 Å². The van der Waals surface area contributed by atoms with Gasteiger partial charge < -0.3 is 10.2 Å². The molecule has 16 heteroatoms. The minimum Gasteiger partial charge on any atom is -0.320 e. The molecular formula is C24H14Br2F9N3O2. The van der Waals surface area contributed by atoms with Crippen LogP contribution in [0, 0.1) is 0 Å². The van der Waals surface area contributed by atoms with Gasteiger partial charge in [0.05, 0.1) is 11.3 Å². The van der Waals surface area contributed by atoms with E-state index in [1.165, 1.54) is 60.7 Å². The minimum atomic E-state index is -6.89. The van der Waals surface area contributed by atoms with Gasteiger partial charge in [-0.05, 0) is 74.3 Å². The zero-order valence-corrected chi connectivity index (χ0v) is 22.8. The van der Waals surface area contributed by atoms with Crippen molar-refractivity contribution in [3.05, 3.63) is 86.6 Å². The summed E-state index contributed by atoms with van der Waals surface area (Å²) in [4.78, 5) is 30.6. The number of hydrogen-bond acceptors (Lipinski definition) is 3. The largest absolute Gasteiger partial charge is 0.457 e. The molecule has 3 rings (SSSR count). The second kappa shape index (κ2) is 11.0. The Morgan fingerprint density at radius 2 is 1.40 bits per heavy atom. The van der Waals surface area contributed by atoms with E-state index in [1.807, 2.05) is 0 Å².